The summed E-state index contributed by atoms with van der Waals surface area (Å²) in [7, 11) is 0. The molecule has 2 nitrogen and oxygen atoms in total. The van der Waals surface area contributed by atoms with Gasteiger partial charge < -0.3 is 4.74 Å². The molecule has 0 bridgehead atoms. The van der Waals surface area contributed by atoms with Crippen LogP contribution in [0, 0.1) is 5.92 Å². The summed E-state index contributed by atoms with van der Waals surface area (Å²) in [6, 6.07) is 0. The summed E-state index contributed by atoms with van der Waals surface area (Å²) in [5.74, 6) is 0.786. The topological polar surface area (TPSA) is 26.3 Å². The van der Waals surface area contributed by atoms with Gasteiger partial charge in [0, 0.05) is 6.42 Å². The molecule has 0 aliphatic heterocycles. The average molecular weight is 270 g/mol. The molecule has 0 fully saturated rings. The van der Waals surface area contributed by atoms with Crippen molar-refractivity contribution in [3.8, 4) is 0 Å². The maximum atomic E-state index is 11.8. The highest BCUT2D eigenvalue weighted by Gasteiger charge is 2.12. The number of carbonyl (C=O) groups is 1. The molecule has 0 saturated heterocycles. The first-order chi connectivity index (χ1) is 9.10. The highest BCUT2D eigenvalue weighted by molar-refractivity contribution is 5.69. The molecule has 0 N–H and O–H groups in total. The third-order valence-electron chi connectivity index (χ3n) is 3.45. The highest BCUT2D eigenvalue weighted by atomic mass is 16.5. The van der Waals surface area contributed by atoms with E-state index in [1.54, 1.807) is 0 Å². The minimum atomic E-state index is 0.0131. The second kappa shape index (κ2) is 12.5. The number of esters is 1. The van der Waals surface area contributed by atoms with E-state index < -0.39 is 0 Å². The van der Waals surface area contributed by atoms with E-state index in [2.05, 4.69) is 27.7 Å². The molecule has 0 amide bonds. The second-order valence-corrected chi connectivity index (χ2v) is 6.04. The van der Waals surface area contributed by atoms with Crippen molar-refractivity contribution in [3.05, 3.63) is 0 Å². The van der Waals surface area contributed by atoms with Crippen LogP contribution in [0.3, 0.4) is 0 Å². The van der Waals surface area contributed by atoms with Crippen LogP contribution < -0.4 is 0 Å². The number of unbranched alkanes of at least 4 members (excludes halogenated alkanes) is 3. The molecule has 0 rings (SSSR count). The lowest BCUT2D eigenvalue weighted by Crippen LogP contribution is -2.18. The molecule has 114 valence electrons. The molecule has 19 heavy (non-hydrogen) atoms. The molecular formula is C17H34O2. The predicted octanol–water partition coefficient (Wildman–Crippen LogP) is 5.50. The van der Waals surface area contributed by atoms with Gasteiger partial charge in [0.05, 0.1) is 0 Å². The first kappa shape index (κ1) is 18.5. The minimum absolute atomic E-state index is 0.0131. The number of carbonyl (C=O) groups excluding carboxylic acids is 1. The summed E-state index contributed by atoms with van der Waals surface area (Å²) in [4.78, 5) is 11.8. The third kappa shape index (κ3) is 12.3. The second-order valence-electron chi connectivity index (χ2n) is 6.04. The largest absolute Gasteiger partial charge is 0.462 e. The fourth-order valence-electron chi connectivity index (χ4n) is 2.26. The summed E-state index contributed by atoms with van der Waals surface area (Å²) in [6.45, 7) is 8.83. The van der Waals surface area contributed by atoms with Crippen molar-refractivity contribution in [2.75, 3.05) is 0 Å². The Morgan fingerprint density at radius 1 is 0.895 bits per heavy atom. The van der Waals surface area contributed by atoms with Crippen LogP contribution in [0.15, 0.2) is 0 Å². The average Bonchev–Trinajstić information content (AvgIpc) is 2.35. The summed E-state index contributed by atoms with van der Waals surface area (Å²) in [5.41, 5.74) is 0. The lowest BCUT2D eigenvalue weighted by molar-refractivity contribution is -0.150. The van der Waals surface area contributed by atoms with Gasteiger partial charge in [0.25, 0.3) is 0 Å². The van der Waals surface area contributed by atoms with Gasteiger partial charge in [0.1, 0.15) is 6.10 Å². The maximum absolute atomic E-state index is 11.8. The minimum Gasteiger partial charge on any atom is -0.462 e. The Bertz CT molecular complexity index is 211. The van der Waals surface area contributed by atoms with Crippen LogP contribution in [0.1, 0.15) is 91.9 Å². The van der Waals surface area contributed by atoms with E-state index in [9.17, 15) is 4.79 Å². The number of hydrogen-bond acceptors (Lipinski definition) is 2. The van der Waals surface area contributed by atoms with Gasteiger partial charge in [-0.2, -0.15) is 0 Å². The normalized spacial score (nSPS) is 12.7. The van der Waals surface area contributed by atoms with E-state index in [0.717, 1.165) is 44.4 Å². The van der Waals surface area contributed by atoms with Crippen LogP contribution in [0.5, 0.6) is 0 Å². The Morgan fingerprint density at radius 2 is 1.63 bits per heavy atom. The molecule has 0 aromatic heterocycles. The van der Waals surface area contributed by atoms with Crippen molar-refractivity contribution in [3.63, 3.8) is 0 Å². The van der Waals surface area contributed by atoms with E-state index in [4.69, 9.17) is 4.74 Å². The van der Waals surface area contributed by atoms with Crippen LogP contribution in [0.25, 0.3) is 0 Å². The Hall–Kier alpha value is -0.530. The van der Waals surface area contributed by atoms with Crippen LogP contribution in [0.4, 0.5) is 0 Å². The molecule has 0 radical (unpaired) electrons. The first-order valence-corrected chi connectivity index (χ1v) is 8.29. The van der Waals surface area contributed by atoms with Gasteiger partial charge in [0.2, 0.25) is 0 Å². The molecule has 2 heteroatoms. The maximum Gasteiger partial charge on any atom is 0.306 e. The van der Waals surface area contributed by atoms with Gasteiger partial charge in [-0.15, -0.1) is 0 Å². The van der Waals surface area contributed by atoms with Crippen LogP contribution in [-0.4, -0.2) is 12.1 Å². The zero-order valence-corrected chi connectivity index (χ0v) is 13.5. The summed E-state index contributed by atoms with van der Waals surface area (Å²) in [5, 5.41) is 0. The van der Waals surface area contributed by atoms with Crippen LogP contribution >= 0.6 is 0 Å². The van der Waals surface area contributed by atoms with E-state index in [1.807, 2.05) is 0 Å². The fraction of sp³-hybridized carbons (Fsp3) is 0.941. The number of hydrogen-bond donors (Lipinski definition) is 0. The van der Waals surface area contributed by atoms with Gasteiger partial charge >= 0.3 is 5.97 Å². The van der Waals surface area contributed by atoms with Crippen molar-refractivity contribution >= 4 is 5.97 Å². The van der Waals surface area contributed by atoms with Crippen molar-refractivity contribution in [1.29, 1.82) is 0 Å². The Labute approximate surface area is 120 Å². The van der Waals surface area contributed by atoms with E-state index in [-0.39, 0.29) is 12.1 Å². The smallest absolute Gasteiger partial charge is 0.306 e. The molecule has 0 heterocycles. The molecule has 0 spiro atoms. The van der Waals surface area contributed by atoms with Gasteiger partial charge in [-0.3, -0.25) is 4.79 Å². The lowest BCUT2D eigenvalue weighted by Gasteiger charge is -2.17. The van der Waals surface area contributed by atoms with Gasteiger partial charge in [-0.1, -0.05) is 66.2 Å². The van der Waals surface area contributed by atoms with Crippen molar-refractivity contribution in [2.24, 2.45) is 5.92 Å². The van der Waals surface area contributed by atoms with Crippen molar-refractivity contribution < 1.29 is 9.53 Å². The summed E-state index contributed by atoms with van der Waals surface area (Å²) in [6.07, 6.45) is 10.9. The summed E-state index contributed by atoms with van der Waals surface area (Å²) < 4.78 is 5.58. The van der Waals surface area contributed by atoms with Crippen molar-refractivity contribution in [1.82, 2.24) is 0 Å². The third-order valence-corrected chi connectivity index (χ3v) is 3.45. The lowest BCUT2D eigenvalue weighted by atomic mass is 10.0. The van der Waals surface area contributed by atoms with Crippen molar-refractivity contribution in [2.45, 2.75) is 98.0 Å². The SMILES string of the molecule is CCCCC(CCC)OC(=O)CCCCCC(C)C. The Balaban J connectivity index is 3.67. The molecule has 0 aliphatic rings. The zero-order valence-electron chi connectivity index (χ0n) is 13.5. The molecule has 0 aromatic rings. The zero-order chi connectivity index (χ0) is 14.5. The molecule has 0 saturated carbocycles. The van der Waals surface area contributed by atoms with Gasteiger partial charge in [-0.25, -0.2) is 0 Å². The van der Waals surface area contributed by atoms with Gasteiger partial charge in [-0.05, 0) is 25.2 Å². The molecule has 0 aromatic carbocycles. The Kier molecular flexibility index (Phi) is 12.2. The van der Waals surface area contributed by atoms with E-state index in [0.29, 0.717) is 6.42 Å². The van der Waals surface area contributed by atoms with E-state index >= 15 is 0 Å². The standard InChI is InChI=1S/C17H34O2/c1-5-7-13-16(11-6-2)19-17(18)14-10-8-9-12-15(3)4/h15-16H,5-14H2,1-4H3. The fourth-order valence-corrected chi connectivity index (χ4v) is 2.26. The van der Waals surface area contributed by atoms with Crippen LogP contribution in [0.2, 0.25) is 0 Å². The monoisotopic (exact) mass is 270 g/mol. The number of rotatable bonds is 12. The van der Waals surface area contributed by atoms with Crippen LogP contribution in [-0.2, 0) is 9.53 Å². The molecule has 0 aliphatic carbocycles. The predicted molar refractivity (Wildman–Crippen MR) is 82.2 cm³/mol. The van der Waals surface area contributed by atoms with E-state index in [1.165, 1.54) is 19.3 Å². The first-order valence-electron chi connectivity index (χ1n) is 8.29. The highest BCUT2D eigenvalue weighted by Crippen LogP contribution is 2.14. The molecule has 1 atom stereocenters. The summed E-state index contributed by atoms with van der Waals surface area (Å²) >= 11 is 0. The number of ether oxygens (including phenoxy) is 1. The molecule has 1 unspecified atom stereocenters. The quantitative estimate of drug-likeness (QED) is 0.346. The van der Waals surface area contributed by atoms with Gasteiger partial charge in [0.15, 0.2) is 0 Å². The Morgan fingerprint density at radius 3 is 2.21 bits per heavy atom. The molecular weight excluding hydrogens is 236 g/mol.